The lowest BCUT2D eigenvalue weighted by atomic mass is 9.79. The van der Waals surface area contributed by atoms with Gasteiger partial charge in [-0.1, -0.05) is 17.5 Å². The van der Waals surface area contributed by atoms with Gasteiger partial charge in [-0.3, -0.25) is 14.9 Å². The Morgan fingerprint density at radius 3 is 2.50 bits per heavy atom. The maximum absolute atomic E-state index is 13.1. The largest absolute Gasteiger partial charge is 0.481 e. The van der Waals surface area contributed by atoms with Gasteiger partial charge in [0.25, 0.3) is 5.91 Å². The van der Waals surface area contributed by atoms with Crippen molar-refractivity contribution in [3.05, 3.63) is 45.6 Å². The Bertz CT molecular complexity index is 1100. The highest BCUT2D eigenvalue weighted by Crippen LogP contribution is 2.36. The lowest BCUT2D eigenvalue weighted by molar-refractivity contribution is -0.141. The van der Waals surface area contributed by atoms with Gasteiger partial charge in [0.15, 0.2) is 9.84 Å². The molecule has 1 aliphatic rings. The monoisotopic (exact) mass is 496 g/mol. The number of hydrogen-bond donors (Lipinski definition) is 2. The van der Waals surface area contributed by atoms with Gasteiger partial charge < -0.3 is 4.74 Å². The van der Waals surface area contributed by atoms with Crippen LogP contribution in [0.4, 0.5) is 0 Å². The first kappa shape index (κ1) is 24.6. The number of piperidine rings is 1. The number of hydroxylamine groups is 1. The van der Waals surface area contributed by atoms with Crippen molar-refractivity contribution < 1.29 is 23.2 Å². The van der Waals surface area contributed by atoms with E-state index in [-0.39, 0.29) is 17.3 Å². The predicted octanol–water partition coefficient (Wildman–Crippen LogP) is 3.37. The number of halogens is 1. The molecule has 1 fully saturated rings. The minimum Gasteiger partial charge on any atom is -0.481 e. The third-order valence-electron chi connectivity index (χ3n) is 5.54. The molecule has 10 heteroatoms. The number of benzene rings is 1. The topological polar surface area (TPSA) is 95.9 Å². The molecular formula is C22H25ClN2O5S2. The van der Waals surface area contributed by atoms with Crippen LogP contribution in [-0.2, 0) is 21.2 Å². The average molecular weight is 497 g/mol. The molecule has 2 aromatic rings. The van der Waals surface area contributed by atoms with Gasteiger partial charge in [-0.2, -0.15) is 0 Å². The van der Waals surface area contributed by atoms with Crippen LogP contribution in [0.15, 0.2) is 41.3 Å². The zero-order chi connectivity index (χ0) is 23.2. The van der Waals surface area contributed by atoms with E-state index in [9.17, 15) is 18.4 Å². The first-order chi connectivity index (χ1) is 15.3. The van der Waals surface area contributed by atoms with Crippen molar-refractivity contribution >= 4 is 38.7 Å². The second-order valence-electron chi connectivity index (χ2n) is 7.65. The van der Waals surface area contributed by atoms with Crippen molar-refractivity contribution in [1.29, 1.82) is 0 Å². The molecule has 2 N–H and O–H groups in total. The fraction of sp³-hybridized carbons (Fsp3) is 0.409. The van der Waals surface area contributed by atoms with E-state index in [4.69, 9.17) is 16.3 Å². The number of ether oxygens (including phenoxy) is 1. The Morgan fingerprint density at radius 2 is 1.94 bits per heavy atom. The number of sulfone groups is 1. The first-order valence-corrected chi connectivity index (χ1v) is 12.9. The molecule has 0 radical (unpaired) electrons. The van der Waals surface area contributed by atoms with Crippen LogP contribution in [0.25, 0.3) is 0 Å². The molecule has 0 unspecified atom stereocenters. The number of carbonyl (C=O) groups excluding carboxylic acids is 1. The molecule has 0 spiro atoms. The number of rotatable bonds is 8. The molecule has 0 saturated carbocycles. The Hall–Kier alpha value is -2.09. The van der Waals surface area contributed by atoms with Crippen LogP contribution in [-0.4, -0.2) is 49.9 Å². The van der Waals surface area contributed by atoms with Crippen LogP contribution in [0.3, 0.4) is 0 Å². The van der Waals surface area contributed by atoms with E-state index in [0.29, 0.717) is 42.6 Å². The van der Waals surface area contributed by atoms with Crippen molar-refractivity contribution in [2.24, 2.45) is 5.41 Å². The fourth-order valence-electron chi connectivity index (χ4n) is 3.73. The second-order valence-corrected chi connectivity index (χ2v) is 11.4. The van der Waals surface area contributed by atoms with Crippen molar-refractivity contribution in [3.63, 3.8) is 0 Å². The van der Waals surface area contributed by atoms with Crippen LogP contribution in [0.2, 0.25) is 4.34 Å². The molecule has 1 saturated heterocycles. The summed E-state index contributed by atoms with van der Waals surface area (Å²) in [5.41, 5.74) is 0.480. The number of hydrogen-bond acceptors (Lipinski definition) is 7. The fourth-order valence-corrected chi connectivity index (χ4v) is 6.73. The Balaban J connectivity index is 1.70. The average Bonchev–Trinajstić information content (AvgIpc) is 3.19. The smallest absolute Gasteiger partial charge is 0.250 e. The summed E-state index contributed by atoms with van der Waals surface area (Å²) in [6, 6.07) is 9.86. The van der Waals surface area contributed by atoms with Gasteiger partial charge in [0.05, 0.1) is 20.4 Å². The third kappa shape index (κ3) is 6.03. The summed E-state index contributed by atoms with van der Waals surface area (Å²) in [6.45, 7) is 3.68. The standard InChI is InChI=1S/C22H25ClN2O5S2/c1-2-3-14-30-17-4-7-19(8-5-17)32(28,29)16-22(21(26)24-27)10-12-25(13-11-22)15-18-6-9-20(23)31-18/h4-9,27H,10-16H2,1H3,(H,24,26). The van der Waals surface area contributed by atoms with Crippen LogP contribution >= 0.6 is 22.9 Å². The molecular weight excluding hydrogens is 472 g/mol. The molecule has 7 nitrogen and oxygen atoms in total. The lowest BCUT2D eigenvalue weighted by Crippen LogP contribution is -2.51. The van der Waals surface area contributed by atoms with E-state index in [2.05, 4.69) is 16.7 Å². The zero-order valence-corrected chi connectivity index (χ0v) is 20.0. The molecule has 0 aliphatic carbocycles. The van der Waals surface area contributed by atoms with Crippen LogP contribution in [0.1, 0.15) is 24.6 Å². The van der Waals surface area contributed by atoms with Gasteiger partial charge >= 0.3 is 0 Å². The minimum atomic E-state index is -3.78. The number of nitrogens with one attached hydrogen (secondary N) is 1. The van der Waals surface area contributed by atoms with E-state index in [0.717, 1.165) is 4.88 Å². The number of likely N-dealkylation sites (tertiary alicyclic amines) is 1. The number of carbonyl (C=O) groups is 1. The number of amides is 1. The summed E-state index contributed by atoms with van der Waals surface area (Å²) >= 11 is 7.49. The zero-order valence-electron chi connectivity index (χ0n) is 17.6. The second kappa shape index (κ2) is 10.7. The summed E-state index contributed by atoms with van der Waals surface area (Å²) in [5.74, 6) is 4.95. The molecule has 1 aromatic carbocycles. The van der Waals surface area contributed by atoms with Gasteiger partial charge in [-0.15, -0.1) is 17.3 Å². The van der Waals surface area contributed by atoms with Crippen molar-refractivity contribution in [2.75, 3.05) is 25.4 Å². The SMILES string of the molecule is CC#CCOc1ccc(S(=O)(=O)CC2(C(=O)NO)CCN(Cc3ccc(Cl)s3)CC2)cc1. The molecule has 2 heterocycles. The minimum absolute atomic E-state index is 0.104. The summed E-state index contributed by atoms with van der Waals surface area (Å²) in [6.07, 6.45) is 0.628. The molecule has 3 rings (SSSR count). The van der Waals surface area contributed by atoms with Crippen molar-refractivity contribution in [1.82, 2.24) is 10.4 Å². The molecule has 1 amide bonds. The van der Waals surface area contributed by atoms with E-state index in [1.165, 1.54) is 23.5 Å². The highest BCUT2D eigenvalue weighted by Gasteiger charge is 2.45. The maximum atomic E-state index is 13.1. The molecule has 1 aromatic heterocycles. The summed E-state index contributed by atoms with van der Waals surface area (Å²) in [7, 11) is -3.78. The maximum Gasteiger partial charge on any atom is 0.250 e. The summed E-state index contributed by atoms with van der Waals surface area (Å²) < 4.78 is 32.4. The van der Waals surface area contributed by atoms with Crippen LogP contribution in [0.5, 0.6) is 5.75 Å². The Morgan fingerprint density at radius 1 is 1.25 bits per heavy atom. The van der Waals surface area contributed by atoms with Crippen LogP contribution in [0, 0.1) is 17.3 Å². The highest BCUT2D eigenvalue weighted by molar-refractivity contribution is 7.91. The predicted molar refractivity (Wildman–Crippen MR) is 124 cm³/mol. The highest BCUT2D eigenvalue weighted by atomic mass is 35.5. The summed E-state index contributed by atoms with van der Waals surface area (Å²) in [4.78, 5) is 15.9. The van der Waals surface area contributed by atoms with E-state index in [1.54, 1.807) is 24.5 Å². The van der Waals surface area contributed by atoms with E-state index in [1.807, 2.05) is 12.1 Å². The van der Waals surface area contributed by atoms with Gasteiger partial charge in [-0.25, -0.2) is 13.9 Å². The third-order valence-corrected chi connectivity index (χ3v) is 8.68. The molecule has 1 aliphatic heterocycles. The van der Waals surface area contributed by atoms with Gasteiger partial charge in [-0.05, 0) is 69.3 Å². The Labute approximate surface area is 197 Å². The number of thiophene rings is 1. The molecule has 32 heavy (non-hydrogen) atoms. The lowest BCUT2D eigenvalue weighted by Gasteiger charge is -2.39. The van der Waals surface area contributed by atoms with Crippen molar-refractivity contribution in [2.45, 2.75) is 31.2 Å². The van der Waals surface area contributed by atoms with Gasteiger partial charge in [0.1, 0.15) is 12.4 Å². The van der Waals surface area contributed by atoms with E-state index < -0.39 is 21.2 Å². The molecule has 0 bridgehead atoms. The van der Waals surface area contributed by atoms with Gasteiger partial charge in [0, 0.05) is 11.4 Å². The molecule has 172 valence electrons. The van der Waals surface area contributed by atoms with Crippen LogP contribution < -0.4 is 10.2 Å². The first-order valence-electron chi connectivity index (χ1n) is 10.0. The normalized spacial score (nSPS) is 16.1. The number of nitrogens with zero attached hydrogens (tertiary/aromatic N) is 1. The van der Waals surface area contributed by atoms with Gasteiger partial charge in [0.2, 0.25) is 0 Å². The van der Waals surface area contributed by atoms with E-state index >= 15 is 0 Å². The van der Waals surface area contributed by atoms with Crippen molar-refractivity contribution in [3.8, 4) is 17.6 Å². The summed E-state index contributed by atoms with van der Waals surface area (Å²) in [5, 5.41) is 9.31. The Kier molecular flexibility index (Phi) is 8.20. The molecule has 0 atom stereocenters. The quantitative estimate of drug-likeness (QED) is 0.330.